The number of halogens is 3. The van der Waals surface area contributed by atoms with Crippen molar-refractivity contribution in [3.8, 4) is 0 Å². The molecule has 0 spiro atoms. The predicted molar refractivity (Wildman–Crippen MR) is 59.7 cm³/mol. The summed E-state index contributed by atoms with van der Waals surface area (Å²) < 4.78 is 36.5. The smallest absolute Gasteiger partial charge is 0.297 e. The summed E-state index contributed by atoms with van der Waals surface area (Å²) in [5, 5.41) is 0. The van der Waals surface area contributed by atoms with Gasteiger partial charge in [0.25, 0.3) is 0 Å². The van der Waals surface area contributed by atoms with Gasteiger partial charge in [-0.1, -0.05) is 18.2 Å². The SMILES string of the molecule is Cc1cccc(C)c1N=C(C=O)CC(F)(F)F. The summed E-state index contributed by atoms with van der Waals surface area (Å²) in [5.74, 6) is 0. The van der Waals surface area contributed by atoms with E-state index in [0.29, 0.717) is 5.69 Å². The largest absolute Gasteiger partial charge is 0.394 e. The van der Waals surface area contributed by atoms with E-state index >= 15 is 0 Å². The van der Waals surface area contributed by atoms with Gasteiger partial charge >= 0.3 is 6.18 Å². The Balaban J connectivity index is 3.11. The quantitative estimate of drug-likeness (QED) is 0.590. The fourth-order valence-electron chi connectivity index (χ4n) is 1.44. The molecule has 2 nitrogen and oxygen atoms in total. The van der Waals surface area contributed by atoms with Crippen molar-refractivity contribution in [3.63, 3.8) is 0 Å². The summed E-state index contributed by atoms with van der Waals surface area (Å²) in [6.45, 7) is 3.48. The van der Waals surface area contributed by atoms with Crippen molar-refractivity contribution in [3.05, 3.63) is 29.3 Å². The maximum Gasteiger partial charge on any atom is 0.394 e. The van der Waals surface area contributed by atoms with Crippen molar-refractivity contribution in [2.24, 2.45) is 4.99 Å². The first kappa shape index (κ1) is 13.4. The highest BCUT2D eigenvalue weighted by Crippen LogP contribution is 2.26. The van der Waals surface area contributed by atoms with E-state index in [9.17, 15) is 18.0 Å². The molecule has 0 saturated carbocycles. The van der Waals surface area contributed by atoms with Crippen molar-refractivity contribution in [1.29, 1.82) is 0 Å². The van der Waals surface area contributed by atoms with Gasteiger partial charge in [-0.15, -0.1) is 0 Å². The molecule has 1 aromatic carbocycles. The highest BCUT2D eigenvalue weighted by Gasteiger charge is 2.29. The number of rotatable bonds is 3. The molecule has 0 atom stereocenters. The number of nitrogens with zero attached hydrogens (tertiary/aromatic N) is 1. The maximum atomic E-state index is 12.2. The molecule has 0 unspecified atom stereocenters. The zero-order valence-electron chi connectivity index (χ0n) is 9.51. The number of carbonyl (C=O) groups is 1. The van der Waals surface area contributed by atoms with Crippen LogP contribution in [0, 0.1) is 13.8 Å². The number of benzene rings is 1. The molecule has 0 radical (unpaired) electrons. The monoisotopic (exact) mass is 243 g/mol. The lowest BCUT2D eigenvalue weighted by Gasteiger charge is -2.07. The van der Waals surface area contributed by atoms with Gasteiger partial charge in [0, 0.05) is 0 Å². The van der Waals surface area contributed by atoms with Gasteiger partial charge < -0.3 is 0 Å². The molecule has 92 valence electrons. The van der Waals surface area contributed by atoms with E-state index in [4.69, 9.17) is 0 Å². The molecule has 0 saturated heterocycles. The Labute approximate surface area is 97.2 Å². The molecule has 0 bridgehead atoms. The fourth-order valence-corrected chi connectivity index (χ4v) is 1.44. The van der Waals surface area contributed by atoms with Crippen molar-refractivity contribution >= 4 is 17.7 Å². The Morgan fingerprint density at radius 1 is 1.29 bits per heavy atom. The normalized spacial score (nSPS) is 12.6. The molecule has 17 heavy (non-hydrogen) atoms. The number of hydrogen-bond donors (Lipinski definition) is 0. The number of aliphatic imine (C=N–C) groups is 1. The van der Waals surface area contributed by atoms with Crippen LogP contribution >= 0.6 is 0 Å². The van der Waals surface area contributed by atoms with Crippen LogP contribution in [-0.4, -0.2) is 18.2 Å². The van der Waals surface area contributed by atoms with Gasteiger partial charge in [-0.2, -0.15) is 13.2 Å². The third-order valence-corrected chi connectivity index (χ3v) is 2.21. The second kappa shape index (κ2) is 5.12. The highest BCUT2D eigenvalue weighted by molar-refractivity contribution is 6.29. The number of para-hydroxylation sites is 1. The van der Waals surface area contributed by atoms with Crippen molar-refractivity contribution in [1.82, 2.24) is 0 Å². The van der Waals surface area contributed by atoms with Crippen LogP contribution in [0.25, 0.3) is 0 Å². The number of alkyl halides is 3. The van der Waals surface area contributed by atoms with E-state index in [2.05, 4.69) is 4.99 Å². The molecule has 0 aliphatic carbocycles. The van der Waals surface area contributed by atoms with Crippen LogP contribution in [0.5, 0.6) is 0 Å². The first-order valence-electron chi connectivity index (χ1n) is 4.99. The van der Waals surface area contributed by atoms with Crippen molar-refractivity contribution < 1.29 is 18.0 Å². The second-order valence-corrected chi connectivity index (χ2v) is 3.75. The Hall–Kier alpha value is -1.65. The molecule has 1 rings (SSSR count). The summed E-state index contributed by atoms with van der Waals surface area (Å²) in [5.41, 5.74) is 1.41. The number of aldehydes is 1. The lowest BCUT2D eigenvalue weighted by atomic mass is 10.1. The molecular weight excluding hydrogens is 231 g/mol. The fraction of sp³-hybridized carbons (Fsp3) is 0.333. The van der Waals surface area contributed by atoms with E-state index in [1.807, 2.05) is 0 Å². The third-order valence-electron chi connectivity index (χ3n) is 2.21. The van der Waals surface area contributed by atoms with Crippen LogP contribution in [0.4, 0.5) is 18.9 Å². The topological polar surface area (TPSA) is 29.4 Å². The number of carbonyl (C=O) groups excluding carboxylic acids is 1. The molecule has 0 heterocycles. The summed E-state index contributed by atoms with van der Waals surface area (Å²) in [4.78, 5) is 14.4. The van der Waals surface area contributed by atoms with E-state index in [1.165, 1.54) is 0 Å². The molecule has 0 amide bonds. The highest BCUT2D eigenvalue weighted by atomic mass is 19.4. The van der Waals surface area contributed by atoms with E-state index in [1.54, 1.807) is 32.0 Å². The molecular formula is C12H12F3NO. The minimum Gasteiger partial charge on any atom is -0.297 e. The van der Waals surface area contributed by atoms with Crippen molar-refractivity contribution in [2.75, 3.05) is 0 Å². The van der Waals surface area contributed by atoms with Gasteiger partial charge in [-0.05, 0) is 25.0 Å². The van der Waals surface area contributed by atoms with Gasteiger partial charge in [0.1, 0.15) is 0 Å². The lowest BCUT2D eigenvalue weighted by molar-refractivity contribution is -0.123. The second-order valence-electron chi connectivity index (χ2n) is 3.75. The zero-order chi connectivity index (χ0) is 13.1. The van der Waals surface area contributed by atoms with Crippen molar-refractivity contribution in [2.45, 2.75) is 26.4 Å². The van der Waals surface area contributed by atoms with E-state index in [-0.39, 0.29) is 6.29 Å². The molecule has 0 fully saturated rings. The summed E-state index contributed by atoms with van der Waals surface area (Å²) >= 11 is 0. The molecule has 5 heteroatoms. The van der Waals surface area contributed by atoms with Crippen LogP contribution in [0.1, 0.15) is 17.5 Å². The van der Waals surface area contributed by atoms with Gasteiger partial charge in [0.15, 0.2) is 6.29 Å². The predicted octanol–water partition coefficient (Wildman–Crippen LogP) is 3.53. The van der Waals surface area contributed by atoms with E-state index < -0.39 is 18.3 Å². The summed E-state index contributed by atoms with van der Waals surface area (Å²) in [7, 11) is 0. The van der Waals surface area contributed by atoms with Gasteiger partial charge in [0.05, 0.1) is 17.8 Å². The zero-order valence-corrected chi connectivity index (χ0v) is 9.51. The number of hydrogen-bond acceptors (Lipinski definition) is 2. The Bertz CT molecular complexity index is 429. The first-order chi connectivity index (χ1) is 7.83. The standard InChI is InChI=1S/C12H12F3NO/c1-8-4-3-5-9(2)11(8)16-10(7-17)6-12(13,14)15/h3-5,7H,6H2,1-2H3. The average Bonchev–Trinajstić information content (AvgIpc) is 2.20. The average molecular weight is 243 g/mol. The van der Waals surface area contributed by atoms with Crippen LogP contribution < -0.4 is 0 Å². The Morgan fingerprint density at radius 3 is 2.24 bits per heavy atom. The summed E-state index contributed by atoms with van der Waals surface area (Å²) in [6, 6.07) is 5.26. The summed E-state index contributed by atoms with van der Waals surface area (Å²) in [6.07, 6.45) is -5.57. The van der Waals surface area contributed by atoms with Crippen LogP contribution in [0.3, 0.4) is 0 Å². The minimum absolute atomic E-state index is 0.152. The van der Waals surface area contributed by atoms with Gasteiger partial charge in [0.2, 0.25) is 0 Å². The minimum atomic E-state index is -4.42. The molecule has 0 aliphatic rings. The molecule has 1 aromatic rings. The van der Waals surface area contributed by atoms with E-state index in [0.717, 1.165) is 11.1 Å². The van der Waals surface area contributed by atoms with Gasteiger partial charge in [-0.3, -0.25) is 4.79 Å². The molecule has 0 N–H and O–H groups in total. The maximum absolute atomic E-state index is 12.2. The van der Waals surface area contributed by atoms with Crippen LogP contribution in [-0.2, 0) is 4.79 Å². The Kier molecular flexibility index (Phi) is 4.04. The molecule has 0 aromatic heterocycles. The van der Waals surface area contributed by atoms with Crippen LogP contribution in [0.15, 0.2) is 23.2 Å². The van der Waals surface area contributed by atoms with Gasteiger partial charge in [-0.25, -0.2) is 4.99 Å². The third kappa shape index (κ3) is 4.01. The first-order valence-corrected chi connectivity index (χ1v) is 4.99. The molecule has 0 aliphatic heterocycles. The Morgan fingerprint density at radius 2 is 1.82 bits per heavy atom. The lowest BCUT2D eigenvalue weighted by Crippen LogP contribution is -2.15. The van der Waals surface area contributed by atoms with Crippen LogP contribution in [0.2, 0.25) is 0 Å². The number of aryl methyl sites for hydroxylation is 2.